The van der Waals surface area contributed by atoms with E-state index in [1.165, 1.54) is 12.1 Å². The maximum Gasteiger partial charge on any atom is 0.513 e. The van der Waals surface area contributed by atoms with Gasteiger partial charge in [0.15, 0.2) is 11.5 Å². The van der Waals surface area contributed by atoms with Crippen molar-refractivity contribution in [3.63, 3.8) is 0 Å². The molecule has 1 aromatic rings. The lowest BCUT2D eigenvalue weighted by Gasteiger charge is -2.19. The molecule has 0 aliphatic rings. The van der Waals surface area contributed by atoms with Gasteiger partial charge in [0, 0.05) is 0 Å². The van der Waals surface area contributed by atoms with Gasteiger partial charge >= 0.3 is 24.2 Å². The van der Waals surface area contributed by atoms with Gasteiger partial charge in [-0.05, 0) is 49.8 Å². The highest BCUT2D eigenvalue weighted by atomic mass is 16.7. The van der Waals surface area contributed by atoms with Crippen molar-refractivity contribution in [2.24, 2.45) is 17.6 Å². The van der Waals surface area contributed by atoms with Crippen LogP contribution in [0.2, 0.25) is 0 Å². The summed E-state index contributed by atoms with van der Waals surface area (Å²) in [7, 11) is 0. The molecule has 0 bridgehead atoms. The first-order valence-corrected chi connectivity index (χ1v) is 14.4. The van der Waals surface area contributed by atoms with Crippen LogP contribution < -0.4 is 15.2 Å². The fraction of sp³-hybridized carbons (Fsp3) is 0.667. The number of carbonyl (C=O) groups excluding carboxylic acids is 4. The van der Waals surface area contributed by atoms with Gasteiger partial charge in [0.2, 0.25) is 0 Å². The van der Waals surface area contributed by atoms with Crippen LogP contribution in [0.25, 0.3) is 0 Å². The number of hydrogen-bond donors (Lipinski definition) is 1. The topological polar surface area (TPSA) is 150 Å². The van der Waals surface area contributed by atoms with E-state index in [1.54, 1.807) is 19.9 Å². The zero-order valence-electron chi connectivity index (χ0n) is 25.3. The van der Waals surface area contributed by atoms with Crippen molar-refractivity contribution in [2.45, 2.75) is 98.6 Å². The summed E-state index contributed by atoms with van der Waals surface area (Å²) in [5, 5.41) is 0. The number of esters is 2. The lowest BCUT2D eigenvalue weighted by atomic mass is 9.99. The minimum atomic E-state index is -1.06. The molecule has 0 fully saturated rings. The summed E-state index contributed by atoms with van der Waals surface area (Å²) in [6.07, 6.45) is 2.55. The zero-order valence-corrected chi connectivity index (χ0v) is 25.3. The number of unbranched alkanes of at least 4 members (excludes halogenated alkanes) is 4. The first-order valence-electron chi connectivity index (χ1n) is 14.4. The lowest BCUT2D eigenvalue weighted by molar-refractivity contribution is -0.161. The molecule has 41 heavy (non-hydrogen) atoms. The van der Waals surface area contributed by atoms with Crippen LogP contribution in [0.5, 0.6) is 11.5 Å². The van der Waals surface area contributed by atoms with E-state index >= 15 is 0 Å². The number of ether oxygens (including phenoxy) is 6. The molecule has 0 saturated heterocycles. The summed E-state index contributed by atoms with van der Waals surface area (Å²) in [4.78, 5) is 49.0. The van der Waals surface area contributed by atoms with Crippen molar-refractivity contribution in [3.8, 4) is 11.5 Å². The standard InChI is InChI=1S/C30H47NO10/c1-7-9-11-15-36-29(34)40-25-14-13-23(18-26(25)41-30(35)37-16-12-10-8-2)17-24(31)28(33)39-21(5)19-38-27(32)22(6)20(3)4/h13-14,18,20-22,24H,7-12,15-17,19,31H2,1-6H3/t21-,22?,24-/m0/s1. The molecule has 0 amide bonds. The van der Waals surface area contributed by atoms with Gasteiger partial charge < -0.3 is 34.2 Å². The van der Waals surface area contributed by atoms with Crippen LogP contribution in [-0.4, -0.2) is 56.2 Å². The van der Waals surface area contributed by atoms with E-state index in [2.05, 4.69) is 0 Å². The third kappa shape index (κ3) is 14.7. The Balaban J connectivity index is 2.84. The van der Waals surface area contributed by atoms with Gasteiger partial charge in [0.25, 0.3) is 0 Å². The SMILES string of the molecule is CCCCCOC(=O)Oc1ccc(C[C@H](N)C(=O)O[C@@H](C)COC(=O)C(C)C(C)C)cc1OC(=O)OCCCCC. The van der Waals surface area contributed by atoms with Crippen LogP contribution in [0.4, 0.5) is 9.59 Å². The molecule has 1 unspecified atom stereocenters. The normalized spacial score (nSPS) is 13.1. The molecule has 0 radical (unpaired) electrons. The fourth-order valence-electron chi connectivity index (χ4n) is 3.36. The average molecular weight is 582 g/mol. The number of benzene rings is 1. The van der Waals surface area contributed by atoms with Crippen LogP contribution in [0.1, 0.15) is 85.6 Å². The van der Waals surface area contributed by atoms with Gasteiger partial charge in [0.1, 0.15) is 18.8 Å². The van der Waals surface area contributed by atoms with Gasteiger partial charge in [-0.1, -0.05) is 66.4 Å². The van der Waals surface area contributed by atoms with E-state index in [-0.39, 0.29) is 55.5 Å². The second-order valence-corrected chi connectivity index (χ2v) is 10.3. The maximum absolute atomic E-state index is 12.6. The Labute approximate surface area is 243 Å². The van der Waals surface area contributed by atoms with E-state index in [0.29, 0.717) is 18.4 Å². The molecule has 232 valence electrons. The molecule has 11 nitrogen and oxygen atoms in total. The first-order chi connectivity index (χ1) is 19.5. The molecule has 11 heteroatoms. The Kier molecular flexibility index (Phi) is 17.1. The molecular formula is C30H47NO10. The van der Waals surface area contributed by atoms with Crippen LogP contribution >= 0.6 is 0 Å². The van der Waals surface area contributed by atoms with Gasteiger partial charge in [0.05, 0.1) is 19.1 Å². The zero-order chi connectivity index (χ0) is 30.8. The third-order valence-electron chi connectivity index (χ3n) is 6.24. The van der Waals surface area contributed by atoms with E-state index < -0.39 is 30.4 Å². The van der Waals surface area contributed by atoms with E-state index in [1.807, 2.05) is 27.7 Å². The second-order valence-electron chi connectivity index (χ2n) is 10.3. The minimum absolute atomic E-state index is 0.0272. The summed E-state index contributed by atoms with van der Waals surface area (Å²) >= 11 is 0. The highest BCUT2D eigenvalue weighted by Crippen LogP contribution is 2.30. The Bertz CT molecular complexity index is 965. The largest absolute Gasteiger partial charge is 0.513 e. The van der Waals surface area contributed by atoms with Crippen molar-refractivity contribution in [2.75, 3.05) is 19.8 Å². The summed E-state index contributed by atoms with van der Waals surface area (Å²) < 4.78 is 31.3. The smallest absolute Gasteiger partial charge is 0.462 e. The molecule has 2 N–H and O–H groups in total. The van der Waals surface area contributed by atoms with Crippen molar-refractivity contribution < 1.29 is 47.6 Å². The molecule has 0 aromatic heterocycles. The number of rotatable bonds is 18. The fourth-order valence-corrected chi connectivity index (χ4v) is 3.36. The number of nitrogens with two attached hydrogens (primary N) is 1. The summed E-state index contributed by atoms with van der Waals surface area (Å²) in [6, 6.07) is 3.36. The minimum Gasteiger partial charge on any atom is -0.462 e. The monoisotopic (exact) mass is 581 g/mol. The predicted octanol–water partition coefficient (Wildman–Crippen LogP) is 5.73. The quantitative estimate of drug-likeness (QED) is 0.0979. The summed E-state index contributed by atoms with van der Waals surface area (Å²) in [5.74, 6) is -1.36. The average Bonchev–Trinajstić information content (AvgIpc) is 2.93. The predicted molar refractivity (Wildman–Crippen MR) is 152 cm³/mol. The Morgan fingerprint density at radius 2 is 1.32 bits per heavy atom. The molecule has 3 atom stereocenters. The highest BCUT2D eigenvalue weighted by molar-refractivity contribution is 5.76. The van der Waals surface area contributed by atoms with Gasteiger partial charge in [-0.2, -0.15) is 0 Å². The molecule has 0 aliphatic heterocycles. The number of hydrogen-bond acceptors (Lipinski definition) is 11. The molecule has 1 aromatic carbocycles. The molecular weight excluding hydrogens is 534 g/mol. The molecule has 0 saturated carbocycles. The third-order valence-corrected chi connectivity index (χ3v) is 6.24. The van der Waals surface area contributed by atoms with Gasteiger partial charge in [-0.15, -0.1) is 0 Å². The Morgan fingerprint density at radius 3 is 1.85 bits per heavy atom. The van der Waals surface area contributed by atoms with Crippen molar-refractivity contribution in [1.82, 2.24) is 0 Å². The Morgan fingerprint density at radius 1 is 0.756 bits per heavy atom. The van der Waals surface area contributed by atoms with E-state index in [9.17, 15) is 19.2 Å². The van der Waals surface area contributed by atoms with Gasteiger partial charge in [-0.3, -0.25) is 9.59 Å². The van der Waals surface area contributed by atoms with Gasteiger partial charge in [-0.25, -0.2) is 9.59 Å². The molecule has 0 spiro atoms. The van der Waals surface area contributed by atoms with Crippen molar-refractivity contribution in [3.05, 3.63) is 23.8 Å². The lowest BCUT2D eigenvalue weighted by Crippen LogP contribution is -2.37. The highest BCUT2D eigenvalue weighted by Gasteiger charge is 2.23. The van der Waals surface area contributed by atoms with E-state index in [0.717, 1.165) is 25.7 Å². The first kappa shape index (κ1) is 35.7. The summed E-state index contributed by atoms with van der Waals surface area (Å²) in [6.45, 7) is 11.6. The molecule has 0 heterocycles. The molecule has 1 rings (SSSR count). The van der Waals surface area contributed by atoms with Crippen molar-refractivity contribution in [1.29, 1.82) is 0 Å². The van der Waals surface area contributed by atoms with Crippen LogP contribution in [0.3, 0.4) is 0 Å². The number of carbonyl (C=O) groups is 4. The Hall–Kier alpha value is -3.34. The van der Waals surface area contributed by atoms with Crippen LogP contribution in [0.15, 0.2) is 18.2 Å². The summed E-state index contributed by atoms with van der Waals surface area (Å²) in [5.41, 5.74) is 6.58. The second kappa shape index (κ2) is 19.7. The molecule has 0 aliphatic carbocycles. The van der Waals surface area contributed by atoms with Crippen LogP contribution in [-0.2, 0) is 35.0 Å². The van der Waals surface area contributed by atoms with Crippen LogP contribution in [0, 0.1) is 11.8 Å². The maximum atomic E-state index is 12.6. The van der Waals surface area contributed by atoms with E-state index in [4.69, 9.17) is 34.2 Å². The van der Waals surface area contributed by atoms with Crippen molar-refractivity contribution >= 4 is 24.2 Å².